The fourth-order valence-electron chi connectivity index (χ4n) is 2.89. The number of anilines is 2. The van der Waals surface area contributed by atoms with Gasteiger partial charge in [0.1, 0.15) is 11.5 Å². The normalized spacial score (nSPS) is 10.1. The highest BCUT2D eigenvalue weighted by Crippen LogP contribution is 2.24. The third-order valence-corrected chi connectivity index (χ3v) is 4.52. The molecular formula is C25H24N2O6. The van der Waals surface area contributed by atoms with Crippen LogP contribution < -0.4 is 20.1 Å². The SMILES string of the molecule is CCOC(=O)c1ccc(NC(=O)COc2ccc(C(=O)Nc3ccccc3OC)cc2)cc1. The number of para-hydroxylation sites is 2. The van der Waals surface area contributed by atoms with E-state index in [1.807, 2.05) is 6.07 Å². The van der Waals surface area contributed by atoms with Gasteiger partial charge in [0.15, 0.2) is 6.61 Å². The van der Waals surface area contributed by atoms with Crippen molar-refractivity contribution in [1.29, 1.82) is 0 Å². The van der Waals surface area contributed by atoms with Crippen LogP contribution in [0.3, 0.4) is 0 Å². The summed E-state index contributed by atoms with van der Waals surface area (Å²) in [6.45, 7) is 1.81. The zero-order valence-electron chi connectivity index (χ0n) is 18.3. The van der Waals surface area contributed by atoms with Crippen LogP contribution in [0, 0.1) is 0 Å². The minimum Gasteiger partial charge on any atom is -0.495 e. The first kappa shape index (κ1) is 23.3. The molecule has 0 spiro atoms. The van der Waals surface area contributed by atoms with Gasteiger partial charge in [0.25, 0.3) is 11.8 Å². The van der Waals surface area contributed by atoms with E-state index in [2.05, 4.69) is 10.6 Å². The summed E-state index contributed by atoms with van der Waals surface area (Å²) in [6.07, 6.45) is 0. The number of rotatable bonds is 9. The third kappa shape index (κ3) is 6.57. The molecule has 0 aromatic heterocycles. The number of ether oxygens (including phenoxy) is 3. The van der Waals surface area contributed by atoms with Gasteiger partial charge >= 0.3 is 5.97 Å². The molecule has 2 amide bonds. The highest BCUT2D eigenvalue weighted by atomic mass is 16.5. The van der Waals surface area contributed by atoms with Crippen LogP contribution in [-0.4, -0.2) is 38.1 Å². The van der Waals surface area contributed by atoms with Crippen molar-refractivity contribution >= 4 is 29.2 Å². The molecule has 0 aliphatic rings. The van der Waals surface area contributed by atoms with E-state index in [1.54, 1.807) is 73.7 Å². The maximum absolute atomic E-state index is 12.5. The van der Waals surface area contributed by atoms with Crippen LogP contribution >= 0.6 is 0 Å². The first-order valence-corrected chi connectivity index (χ1v) is 10.2. The molecule has 0 heterocycles. The lowest BCUT2D eigenvalue weighted by molar-refractivity contribution is -0.118. The second-order valence-electron chi connectivity index (χ2n) is 6.81. The van der Waals surface area contributed by atoms with Crippen molar-refractivity contribution in [2.75, 3.05) is 31.0 Å². The Balaban J connectivity index is 1.50. The van der Waals surface area contributed by atoms with E-state index < -0.39 is 5.97 Å². The largest absolute Gasteiger partial charge is 0.495 e. The standard InChI is InChI=1S/C25H24N2O6/c1-3-32-25(30)18-8-12-19(13-9-18)26-23(28)16-33-20-14-10-17(11-15-20)24(29)27-21-6-4-5-7-22(21)31-2/h4-15H,3,16H2,1-2H3,(H,26,28)(H,27,29). The van der Waals surface area contributed by atoms with Crippen molar-refractivity contribution in [2.45, 2.75) is 6.92 Å². The third-order valence-electron chi connectivity index (χ3n) is 4.52. The molecule has 0 saturated carbocycles. The first-order valence-electron chi connectivity index (χ1n) is 10.2. The van der Waals surface area contributed by atoms with Crippen LogP contribution in [-0.2, 0) is 9.53 Å². The molecule has 3 aromatic carbocycles. The zero-order chi connectivity index (χ0) is 23.6. The number of nitrogens with one attached hydrogen (secondary N) is 2. The van der Waals surface area contributed by atoms with E-state index in [9.17, 15) is 14.4 Å². The van der Waals surface area contributed by atoms with E-state index in [-0.39, 0.29) is 18.4 Å². The Hall–Kier alpha value is -4.33. The number of carbonyl (C=O) groups is 3. The summed E-state index contributed by atoms with van der Waals surface area (Å²) in [5.41, 5.74) is 1.93. The molecule has 3 aromatic rings. The van der Waals surface area contributed by atoms with Crippen LogP contribution in [0.2, 0.25) is 0 Å². The van der Waals surface area contributed by atoms with Gasteiger partial charge in [-0.25, -0.2) is 4.79 Å². The lowest BCUT2D eigenvalue weighted by Crippen LogP contribution is -2.20. The van der Waals surface area contributed by atoms with Gasteiger partial charge in [0, 0.05) is 11.3 Å². The Bertz CT molecular complexity index is 1110. The van der Waals surface area contributed by atoms with E-state index in [0.717, 1.165) is 0 Å². The zero-order valence-corrected chi connectivity index (χ0v) is 18.3. The van der Waals surface area contributed by atoms with E-state index in [4.69, 9.17) is 14.2 Å². The highest BCUT2D eigenvalue weighted by molar-refractivity contribution is 6.05. The molecule has 33 heavy (non-hydrogen) atoms. The molecule has 0 bridgehead atoms. The average molecular weight is 448 g/mol. The fourth-order valence-corrected chi connectivity index (χ4v) is 2.89. The molecule has 170 valence electrons. The molecule has 3 rings (SSSR count). The maximum atomic E-state index is 12.5. The molecule has 0 aliphatic heterocycles. The van der Waals surface area contributed by atoms with Crippen molar-refractivity contribution in [1.82, 2.24) is 0 Å². The summed E-state index contributed by atoms with van der Waals surface area (Å²) >= 11 is 0. The van der Waals surface area contributed by atoms with Crippen molar-refractivity contribution < 1.29 is 28.6 Å². The second kappa shape index (κ2) is 11.3. The topological polar surface area (TPSA) is 103 Å². The smallest absolute Gasteiger partial charge is 0.338 e. The van der Waals surface area contributed by atoms with Gasteiger partial charge in [-0.1, -0.05) is 12.1 Å². The van der Waals surface area contributed by atoms with Gasteiger partial charge in [-0.2, -0.15) is 0 Å². The van der Waals surface area contributed by atoms with Crippen LogP contribution in [0.5, 0.6) is 11.5 Å². The van der Waals surface area contributed by atoms with Crippen LogP contribution in [0.15, 0.2) is 72.8 Å². The minimum atomic E-state index is -0.418. The van der Waals surface area contributed by atoms with Crippen molar-refractivity contribution in [3.05, 3.63) is 83.9 Å². The molecule has 8 heteroatoms. The van der Waals surface area contributed by atoms with E-state index >= 15 is 0 Å². The molecule has 2 N–H and O–H groups in total. The van der Waals surface area contributed by atoms with Gasteiger partial charge in [0.2, 0.25) is 0 Å². The summed E-state index contributed by atoms with van der Waals surface area (Å²) in [7, 11) is 1.53. The van der Waals surface area contributed by atoms with Gasteiger partial charge in [0.05, 0.1) is 25.0 Å². The number of carbonyl (C=O) groups excluding carboxylic acids is 3. The van der Waals surface area contributed by atoms with E-state index in [1.165, 1.54) is 7.11 Å². The van der Waals surface area contributed by atoms with Crippen molar-refractivity contribution in [3.63, 3.8) is 0 Å². The monoisotopic (exact) mass is 448 g/mol. The highest BCUT2D eigenvalue weighted by Gasteiger charge is 2.11. The Labute approximate surface area is 191 Å². The Morgan fingerprint density at radius 1 is 0.818 bits per heavy atom. The predicted molar refractivity (Wildman–Crippen MR) is 124 cm³/mol. The maximum Gasteiger partial charge on any atom is 0.338 e. The van der Waals surface area contributed by atoms with Crippen LogP contribution in [0.1, 0.15) is 27.6 Å². The predicted octanol–water partition coefficient (Wildman–Crippen LogP) is 4.14. The number of hydrogen-bond donors (Lipinski definition) is 2. The van der Waals surface area contributed by atoms with Gasteiger partial charge < -0.3 is 24.8 Å². The van der Waals surface area contributed by atoms with Gasteiger partial charge in [-0.15, -0.1) is 0 Å². The molecule has 0 saturated heterocycles. The van der Waals surface area contributed by atoms with Crippen molar-refractivity contribution in [3.8, 4) is 11.5 Å². The first-order chi connectivity index (χ1) is 16.0. The second-order valence-corrected chi connectivity index (χ2v) is 6.81. The quantitative estimate of drug-likeness (QED) is 0.477. The Morgan fingerprint density at radius 3 is 2.15 bits per heavy atom. The summed E-state index contributed by atoms with van der Waals surface area (Å²) in [6, 6.07) is 19.9. The Morgan fingerprint density at radius 2 is 1.48 bits per heavy atom. The average Bonchev–Trinajstić information content (AvgIpc) is 2.84. The number of methoxy groups -OCH3 is 1. The molecule has 0 atom stereocenters. The fraction of sp³-hybridized carbons (Fsp3) is 0.160. The molecule has 0 unspecified atom stereocenters. The summed E-state index contributed by atoms with van der Waals surface area (Å²) in [5, 5.41) is 5.48. The molecule has 0 fully saturated rings. The van der Waals surface area contributed by atoms with Crippen LogP contribution in [0.4, 0.5) is 11.4 Å². The number of benzene rings is 3. The van der Waals surface area contributed by atoms with Crippen LogP contribution in [0.25, 0.3) is 0 Å². The summed E-state index contributed by atoms with van der Waals surface area (Å²) in [5.74, 6) is -0.0744. The minimum absolute atomic E-state index is 0.216. The molecule has 0 radical (unpaired) electrons. The molecule has 0 aliphatic carbocycles. The van der Waals surface area contributed by atoms with E-state index in [0.29, 0.717) is 40.6 Å². The lowest BCUT2D eigenvalue weighted by atomic mass is 10.2. The molecular weight excluding hydrogens is 424 g/mol. The Kier molecular flexibility index (Phi) is 8.02. The van der Waals surface area contributed by atoms with Gasteiger partial charge in [-0.05, 0) is 67.6 Å². The van der Waals surface area contributed by atoms with Gasteiger partial charge in [-0.3, -0.25) is 9.59 Å². The lowest BCUT2D eigenvalue weighted by Gasteiger charge is -2.11. The number of amides is 2. The summed E-state index contributed by atoms with van der Waals surface area (Å²) in [4.78, 5) is 36.3. The summed E-state index contributed by atoms with van der Waals surface area (Å²) < 4.78 is 15.6. The number of hydrogen-bond acceptors (Lipinski definition) is 6. The number of esters is 1. The van der Waals surface area contributed by atoms with Crippen molar-refractivity contribution in [2.24, 2.45) is 0 Å². The molecule has 8 nitrogen and oxygen atoms in total.